The molecular weight excluding hydrogens is 343 g/mol. The summed E-state index contributed by atoms with van der Waals surface area (Å²) in [5, 5.41) is 6.63. The predicted octanol–water partition coefficient (Wildman–Crippen LogP) is 2.42. The minimum absolute atomic E-state index is 0.0524. The molecule has 3 unspecified atom stereocenters. The largest absolute Gasteiger partial charge is 0.330 e. The number of piperidine rings is 2. The van der Waals surface area contributed by atoms with Crippen LogP contribution in [-0.2, 0) is 6.54 Å². The number of hydrogen-bond acceptors (Lipinski definition) is 3. The van der Waals surface area contributed by atoms with Gasteiger partial charge in [-0.3, -0.25) is 4.79 Å². The van der Waals surface area contributed by atoms with Crippen molar-refractivity contribution in [3.8, 4) is 0 Å². The molecule has 1 aliphatic carbocycles. The summed E-state index contributed by atoms with van der Waals surface area (Å²) in [5.74, 6) is -4.56. The molecule has 0 radical (unpaired) electrons. The molecule has 1 aromatic rings. The molecule has 2 N–H and O–H groups in total. The molecule has 4 nitrogen and oxygen atoms in total. The van der Waals surface area contributed by atoms with Crippen molar-refractivity contribution in [3.63, 3.8) is 0 Å². The zero-order valence-electron chi connectivity index (χ0n) is 14.5. The number of halogens is 3. The van der Waals surface area contributed by atoms with Crippen molar-refractivity contribution in [3.05, 3.63) is 34.1 Å². The molecular formula is C19H22F3N3O. The van der Waals surface area contributed by atoms with Crippen LogP contribution in [0.25, 0.3) is 0 Å². The average molecular weight is 365 g/mol. The summed E-state index contributed by atoms with van der Waals surface area (Å²) in [5.41, 5.74) is 0.384. The Morgan fingerprint density at radius 1 is 1.00 bits per heavy atom. The van der Waals surface area contributed by atoms with E-state index < -0.39 is 23.4 Å². The van der Waals surface area contributed by atoms with E-state index in [0.29, 0.717) is 37.0 Å². The molecule has 4 fully saturated rings. The molecule has 5 aliphatic rings. The summed E-state index contributed by atoms with van der Waals surface area (Å²) in [7, 11) is 0. The van der Waals surface area contributed by atoms with Gasteiger partial charge in [0.2, 0.25) is 0 Å². The normalized spacial score (nSPS) is 33.2. The lowest BCUT2D eigenvalue weighted by Crippen LogP contribution is -2.57. The Kier molecular flexibility index (Phi) is 3.79. The van der Waals surface area contributed by atoms with Gasteiger partial charge in [0.25, 0.3) is 5.91 Å². The van der Waals surface area contributed by atoms with Gasteiger partial charge in [0.1, 0.15) is 0 Å². The van der Waals surface area contributed by atoms with Crippen molar-refractivity contribution in [1.29, 1.82) is 0 Å². The van der Waals surface area contributed by atoms with Crippen molar-refractivity contribution >= 4 is 5.91 Å². The molecule has 1 saturated carbocycles. The highest BCUT2D eigenvalue weighted by molar-refractivity contribution is 5.99. The van der Waals surface area contributed by atoms with Crippen LogP contribution in [0.15, 0.2) is 0 Å². The van der Waals surface area contributed by atoms with Crippen LogP contribution in [0.4, 0.5) is 13.2 Å². The van der Waals surface area contributed by atoms with Gasteiger partial charge < -0.3 is 15.5 Å². The van der Waals surface area contributed by atoms with Crippen molar-refractivity contribution < 1.29 is 18.0 Å². The number of carbonyl (C=O) groups excluding carboxylic acids is 1. The van der Waals surface area contributed by atoms with E-state index in [2.05, 4.69) is 10.6 Å². The number of nitrogens with one attached hydrogen (secondary N) is 2. The van der Waals surface area contributed by atoms with Gasteiger partial charge >= 0.3 is 0 Å². The zero-order valence-corrected chi connectivity index (χ0v) is 14.5. The van der Waals surface area contributed by atoms with Gasteiger partial charge in [-0.05, 0) is 50.1 Å². The highest BCUT2D eigenvalue weighted by atomic mass is 19.2. The summed E-state index contributed by atoms with van der Waals surface area (Å²) in [6.07, 6.45) is 4.24. The second-order valence-corrected chi connectivity index (χ2v) is 8.11. The first-order chi connectivity index (χ1) is 12.5. The number of benzene rings is 1. The molecule has 3 atom stereocenters. The topological polar surface area (TPSA) is 44.4 Å². The van der Waals surface area contributed by atoms with Gasteiger partial charge in [0.05, 0.1) is 5.56 Å². The third kappa shape index (κ3) is 2.33. The minimum atomic E-state index is -1.50. The Morgan fingerprint density at radius 2 is 1.73 bits per heavy atom. The lowest BCUT2D eigenvalue weighted by Gasteiger charge is -2.47. The first kappa shape index (κ1) is 16.6. The second kappa shape index (κ2) is 5.96. The summed E-state index contributed by atoms with van der Waals surface area (Å²) in [6, 6.07) is 0.582. The molecule has 1 aromatic carbocycles. The number of fused-ring (bicyclic) bond motifs is 3. The molecule has 140 valence electrons. The van der Waals surface area contributed by atoms with Gasteiger partial charge in [-0.15, -0.1) is 0 Å². The van der Waals surface area contributed by atoms with E-state index in [1.54, 1.807) is 4.90 Å². The van der Waals surface area contributed by atoms with Crippen LogP contribution < -0.4 is 10.6 Å². The molecule has 26 heavy (non-hydrogen) atoms. The molecule has 1 amide bonds. The number of hydrogen-bond donors (Lipinski definition) is 2. The van der Waals surface area contributed by atoms with Crippen LogP contribution in [0.5, 0.6) is 0 Å². The number of carbonyl (C=O) groups is 1. The van der Waals surface area contributed by atoms with Crippen LogP contribution in [0.3, 0.4) is 0 Å². The van der Waals surface area contributed by atoms with E-state index in [0.717, 1.165) is 25.8 Å². The summed E-state index contributed by atoms with van der Waals surface area (Å²) < 4.78 is 43.6. The summed E-state index contributed by atoms with van der Waals surface area (Å²) >= 11 is 0. The van der Waals surface area contributed by atoms with Crippen LogP contribution in [0, 0.1) is 17.5 Å². The Bertz CT molecular complexity index is 762. The Morgan fingerprint density at radius 3 is 2.38 bits per heavy atom. The monoisotopic (exact) mass is 365 g/mol. The number of rotatable bonds is 2. The fraction of sp³-hybridized carbons (Fsp3) is 0.632. The van der Waals surface area contributed by atoms with Crippen molar-refractivity contribution in [2.75, 3.05) is 13.1 Å². The Hall–Kier alpha value is -1.60. The SMILES string of the molecule is O=C1c2c(F)c(F)c(F)c(C3CC4CC(C3)N4)c2CN1C1CCCNC1. The first-order valence-corrected chi connectivity index (χ1v) is 9.51. The van der Waals surface area contributed by atoms with Gasteiger partial charge in [0, 0.05) is 36.8 Å². The van der Waals surface area contributed by atoms with Crippen LogP contribution >= 0.6 is 0 Å². The molecule has 6 rings (SSSR count). The maximum atomic E-state index is 14.8. The lowest BCUT2D eigenvalue weighted by molar-refractivity contribution is 0.0670. The average Bonchev–Trinajstić information content (AvgIpc) is 2.97. The van der Waals surface area contributed by atoms with Crippen molar-refractivity contribution in [1.82, 2.24) is 15.5 Å². The number of nitrogens with zero attached hydrogens (tertiary/aromatic N) is 1. The molecule has 3 saturated heterocycles. The summed E-state index contributed by atoms with van der Waals surface area (Å²) in [4.78, 5) is 14.4. The molecule has 4 heterocycles. The maximum Gasteiger partial charge on any atom is 0.257 e. The minimum Gasteiger partial charge on any atom is -0.330 e. The van der Waals surface area contributed by atoms with E-state index in [1.165, 1.54) is 0 Å². The Balaban J connectivity index is 1.56. The third-order valence-electron chi connectivity index (χ3n) is 6.57. The van der Waals surface area contributed by atoms with Crippen LogP contribution in [0.1, 0.15) is 59.5 Å². The molecule has 2 bridgehead atoms. The van der Waals surface area contributed by atoms with Gasteiger partial charge in [-0.2, -0.15) is 0 Å². The lowest BCUT2D eigenvalue weighted by atomic mass is 9.72. The molecule has 0 aromatic heterocycles. The fourth-order valence-corrected chi connectivity index (χ4v) is 5.32. The second-order valence-electron chi connectivity index (χ2n) is 8.11. The van der Waals surface area contributed by atoms with Gasteiger partial charge in [0.15, 0.2) is 17.5 Å². The first-order valence-electron chi connectivity index (χ1n) is 9.51. The Labute approximate surface area is 150 Å². The third-order valence-corrected chi connectivity index (χ3v) is 6.57. The smallest absolute Gasteiger partial charge is 0.257 e. The van der Waals surface area contributed by atoms with Gasteiger partial charge in [-0.1, -0.05) is 0 Å². The van der Waals surface area contributed by atoms with E-state index in [-0.39, 0.29) is 29.6 Å². The predicted molar refractivity (Wildman–Crippen MR) is 89.4 cm³/mol. The quantitative estimate of drug-likeness (QED) is 0.792. The standard InChI is InChI=1S/C19H22F3N3O/c20-16-14(9-4-10-6-11(5-9)24-10)13-8-25(12-2-1-3-23-7-12)19(26)15(13)17(21)18(16)22/h9-12,23-24H,1-8H2. The highest BCUT2D eigenvalue weighted by Gasteiger charge is 2.45. The molecule has 7 heteroatoms. The van der Waals surface area contributed by atoms with E-state index in [9.17, 15) is 18.0 Å². The van der Waals surface area contributed by atoms with Crippen LogP contribution in [-0.4, -0.2) is 42.0 Å². The van der Waals surface area contributed by atoms with Crippen molar-refractivity contribution in [2.24, 2.45) is 0 Å². The van der Waals surface area contributed by atoms with Crippen LogP contribution in [0.2, 0.25) is 0 Å². The van der Waals surface area contributed by atoms with Crippen molar-refractivity contribution in [2.45, 2.75) is 62.7 Å². The maximum absolute atomic E-state index is 14.8. The van der Waals surface area contributed by atoms with E-state index in [4.69, 9.17) is 0 Å². The molecule has 0 spiro atoms. The van der Waals surface area contributed by atoms with Gasteiger partial charge in [-0.25, -0.2) is 13.2 Å². The van der Waals surface area contributed by atoms with E-state index >= 15 is 0 Å². The number of amides is 1. The summed E-state index contributed by atoms with van der Waals surface area (Å²) in [6.45, 7) is 1.72. The fourth-order valence-electron chi connectivity index (χ4n) is 5.32. The zero-order chi connectivity index (χ0) is 18.0. The van der Waals surface area contributed by atoms with E-state index in [1.807, 2.05) is 0 Å². The molecule has 4 aliphatic heterocycles. The highest BCUT2D eigenvalue weighted by Crippen LogP contribution is 2.45.